The van der Waals surface area contributed by atoms with Crippen LogP contribution in [0.4, 0.5) is 4.39 Å². The van der Waals surface area contributed by atoms with E-state index in [2.05, 4.69) is 5.10 Å². The third-order valence-electron chi connectivity index (χ3n) is 4.53. The summed E-state index contributed by atoms with van der Waals surface area (Å²) < 4.78 is 20.5. The highest BCUT2D eigenvalue weighted by Gasteiger charge is 2.30. The van der Waals surface area contributed by atoms with Gasteiger partial charge >= 0.3 is 0 Å². The van der Waals surface area contributed by atoms with Crippen molar-refractivity contribution in [1.29, 1.82) is 0 Å². The van der Waals surface area contributed by atoms with Crippen LogP contribution in [0.5, 0.6) is 0 Å². The molecule has 3 rings (SSSR count). The van der Waals surface area contributed by atoms with E-state index in [0.717, 1.165) is 18.5 Å². The molecule has 0 atom stereocenters. The minimum absolute atomic E-state index is 0.0789. The Morgan fingerprint density at radius 2 is 2.04 bits per heavy atom. The molecule has 5 nitrogen and oxygen atoms in total. The molecule has 1 fully saturated rings. The van der Waals surface area contributed by atoms with E-state index in [1.54, 1.807) is 22.9 Å². The Morgan fingerprint density at radius 1 is 1.32 bits per heavy atom. The summed E-state index contributed by atoms with van der Waals surface area (Å²) >= 11 is 0. The molecule has 1 saturated heterocycles. The normalized spacial score (nSPS) is 15.6. The molecule has 0 aliphatic carbocycles. The summed E-state index contributed by atoms with van der Waals surface area (Å²) in [5.74, 6) is -0.411. The fraction of sp³-hybridized carbons (Fsp3) is 0.474. The van der Waals surface area contributed by atoms with Gasteiger partial charge in [0.05, 0.1) is 5.69 Å². The summed E-state index contributed by atoms with van der Waals surface area (Å²) in [5, 5.41) is 4.45. The van der Waals surface area contributed by atoms with Crippen molar-refractivity contribution in [1.82, 2.24) is 14.7 Å². The number of carbonyl (C=O) groups excluding carboxylic acids is 1. The zero-order valence-electron chi connectivity index (χ0n) is 14.9. The molecule has 1 aromatic heterocycles. The number of hydrogen-bond donors (Lipinski definition) is 0. The van der Waals surface area contributed by atoms with Crippen LogP contribution in [0.25, 0.3) is 5.69 Å². The average Bonchev–Trinajstić information content (AvgIpc) is 2.97. The van der Waals surface area contributed by atoms with Crippen LogP contribution in [0.1, 0.15) is 42.9 Å². The summed E-state index contributed by atoms with van der Waals surface area (Å²) in [6, 6.07) is 8.22. The van der Waals surface area contributed by atoms with Gasteiger partial charge in [-0.25, -0.2) is 9.07 Å². The predicted octanol–water partition coefficient (Wildman–Crippen LogP) is 3.35. The van der Waals surface area contributed by atoms with E-state index in [0.29, 0.717) is 24.6 Å². The van der Waals surface area contributed by atoms with Crippen LogP contribution >= 0.6 is 0 Å². The monoisotopic (exact) mass is 345 g/mol. The van der Waals surface area contributed by atoms with E-state index in [4.69, 9.17) is 4.74 Å². The van der Waals surface area contributed by atoms with Crippen LogP contribution in [0.15, 0.2) is 30.3 Å². The number of aromatic nitrogens is 2. The first-order valence-corrected chi connectivity index (χ1v) is 8.70. The minimum atomic E-state index is -0.328. The van der Waals surface area contributed by atoms with Crippen molar-refractivity contribution >= 4 is 5.91 Å². The number of halogens is 1. The van der Waals surface area contributed by atoms with Crippen molar-refractivity contribution in [2.75, 3.05) is 13.2 Å². The molecular weight excluding hydrogens is 321 g/mol. The molecule has 0 radical (unpaired) electrons. The van der Waals surface area contributed by atoms with Crippen LogP contribution in [-0.4, -0.2) is 45.9 Å². The van der Waals surface area contributed by atoms with Gasteiger partial charge in [-0.3, -0.25) is 4.79 Å². The van der Waals surface area contributed by atoms with Crippen LogP contribution in [-0.2, 0) is 4.74 Å². The van der Waals surface area contributed by atoms with E-state index in [1.807, 2.05) is 25.7 Å². The first-order chi connectivity index (χ1) is 12.0. The van der Waals surface area contributed by atoms with Crippen molar-refractivity contribution in [2.45, 2.75) is 45.7 Å². The van der Waals surface area contributed by atoms with E-state index >= 15 is 0 Å². The summed E-state index contributed by atoms with van der Waals surface area (Å²) in [6.07, 6.45) is 1.68. The highest BCUT2D eigenvalue weighted by atomic mass is 19.1. The number of hydrogen-bond acceptors (Lipinski definition) is 3. The SMILES string of the molecule is Cc1cc(C(=O)N(C(C)C)C2CCOCC2)nn1-c1cccc(F)c1. The summed E-state index contributed by atoms with van der Waals surface area (Å²) in [6.45, 7) is 7.26. The van der Waals surface area contributed by atoms with Crippen LogP contribution < -0.4 is 0 Å². The number of amides is 1. The lowest BCUT2D eigenvalue weighted by molar-refractivity contribution is 0.0202. The smallest absolute Gasteiger partial charge is 0.274 e. The van der Waals surface area contributed by atoms with Gasteiger partial charge in [0.1, 0.15) is 5.82 Å². The van der Waals surface area contributed by atoms with Crippen LogP contribution in [0.2, 0.25) is 0 Å². The lowest BCUT2D eigenvalue weighted by atomic mass is 10.0. The van der Waals surface area contributed by atoms with Gasteiger partial charge in [0.25, 0.3) is 5.91 Å². The van der Waals surface area contributed by atoms with E-state index in [1.165, 1.54) is 12.1 Å². The van der Waals surface area contributed by atoms with E-state index in [-0.39, 0.29) is 23.8 Å². The van der Waals surface area contributed by atoms with Crippen molar-refractivity contribution in [2.24, 2.45) is 0 Å². The first kappa shape index (κ1) is 17.6. The Kier molecular flexibility index (Phi) is 5.18. The largest absolute Gasteiger partial charge is 0.381 e. The third kappa shape index (κ3) is 3.74. The van der Waals surface area contributed by atoms with Gasteiger partial charge < -0.3 is 9.64 Å². The molecule has 1 aromatic carbocycles. The fourth-order valence-electron chi connectivity index (χ4n) is 3.37. The molecule has 0 spiro atoms. The molecule has 2 aromatic rings. The predicted molar refractivity (Wildman–Crippen MR) is 93.4 cm³/mol. The van der Waals surface area contributed by atoms with Gasteiger partial charge in [-0.05, 0) is 57.9 Å². The molecule has 0 N–H and O–H groups in total. The Balaban J connectivity index is 1.90. The molecule has 0 bridgehead atoms. The lowest BCUT2D eigenvalue weighted by Crippen LogP contribution is -2.47. The maximum Gasteiger partial charge on any atom is 0.274 e. The molecular formula is C19H24FN3O2. The van der Waals surface area contributed by atoms with Gasteiger partial charge in [-0.2, -0.15) is 5.10 Å². The Morgan fingerprint density at radius 3 is 2.68 bits per heavy atom. The van der Waals surface area contributed by atoms with Gasteiger partial charge in [-0.15, -0.1) is 0 Å². The molecule has 1 aliphatic heterocycles. The zero-order chi connectivity index (χ0) is 18.0. The Bertz CT molecular complexity index is 751. The lowest BCUT2D eigenvalue weighted by Gasteiger charge is -2.36. The Hall–Kier alpha value is -2.21. The minimum Gasteiger partial charge on any atom is -0.381 e. The summed E-state index contributed by atoms with van der Waals surface area (Å²) in [7, 11) is 0. The third-order valence-corrected chi connectivity index (χ3v) is 4.53. The van der Waals surface area contributed by atoms with Crippen molar-refractivity contribution in [3.63, 3.8) is 0 Å². The molecule has 134 valence electrons. The van der Waals surface area contributed by atoms with Gasteiger partial charge in [0.2, 0.25) is 0 Å². The Labute approximate surface area is 147 Å². The number of rotatable bonds is 4. The first-order valence-electron chi connectivity index (χ1n) is 8.70. The summed E-state index contributed by atoms with van der Waals surface area (Å²) in [4.78, 5) is 15.0. The van der Waals surface area contributed by atoms with Gasteiger partial charge in [-0.1, -0.05) is 6.07 Å². The molecule has 25 heavy (non-hydrogen) atoms. The zero-order valence-corrected chi connectivity index (χ0v) is 14.9. The number of carbonyl (C=O) groups is 1. The number of ether oxygens (including phenoxy) is 1. The van der Waals surface area contributed by atoms with Crippen LogP contribution in [0, 0.1) is 12.7 Å². The fourth-order valence-corrected chi connectivity index (χ4v) is 3.37. The summed E-state index contributed by atoms with van der Waals surface area (Å²) in [5.41, 5.74) is 1.80. The molecule has 2 heterocycles. The van der Waals surface area contributed by atoms with E-state index in [9.17, 15) is 9.18 Å². The standard InChI is InChI=1S/C19H24FN3O2/c1-13(2)22(16-7-9-25-10-8-16)19(24)18-11-14(3)23(21-18)17-6-4-5-15(20)12-17/h4-6,11-13,16H,7-10H2,1-3H3. The number of benzene rings is 1. The van der Waals surface area contributed by atoms with Crippen molar-refractivity contribution in [3.05, 3.63) is 47.5 Å². The van der Waals surface area contributed by atoms with Gasteiger partial charge in [0.15, 0.2) is 5.69 Å². The molecule has 0 unspecified atom stereocenters. The molecule has 1 amide bonds. The molecule has 1 aliphatic rings. The second kappa shape index (κ2) is 7.35. The molecule has 0 saturated carbocycles. The maximum absolute atomic E-state index is 13.5. The maximum atomic E-state index is 13.5. The number of nitrogens with zero attached hydrogens (tertiary/aromatic N) is 3. The topological polar surface area (TPSA) is 47.4 Å². The van der Waals surface area contributed by atoms with E-state index < -0.39 is 0 Å². The average molecular weight is 345 g/mol. The quantitative estimate of drug-likeness (QED) is 0.854. The highest BCUT2D eigenvalue weighted by molar-refractivity contribution is 5.93. The number of aryl methyl sites for hydroxylation is 1. The van der Waals surface area contributed by atoms with Crippen molar-refractivity contribution in [3.8, 4) is 5.69 Å². The van der Waals surface area contributed by atoms with Crippen molar-refractivity contribution < 1.29 is 13.9 Å². The second-order valence-electron chi connectivity index (χ2n) is 6.71. The molecule has 6 heteroatoms. The van der Waals surface area contributed by atoms with Gasteiger partial charge in [0, 0.05) is 31.0 Å². The van der Waals surface area contributed by atoms with Crippen LogP contribution in [0.3, 0.4) is 0 Å². The highest BCUT2D eigenvalue weighted by Crippen LogP contribution is 2.21. The second-order valence-corrected chi connectivity index (χ2v) is 6.71.